The average Bonchev–Trinajstić information content (AvgIpc) is 3.12. The van der Waals surface area contributed by atoms with Crippen LogP contribution in [-0.4, -0.2) is 45.1 Å². The SMILES string of the molecule is Cc1nccn1-c1cc(NCCNC(=O)COCc2ccccc2)ncn1. The van der Waals surface area contributed by atoms with Gasteiger partial charge in [0, 0.05) is 31.5 Å². The summed E-state index contributed by atoms with van der Waals surface area (Å²) in [5, 5.41) is 5.97. The molecule has 3 aromatic rings. The van der Waals surface area contributed by atoms with E-state index in [1.807, 2.05) is 54.1 Å². The Morgan fingerprint density at radius 2 is 2.00 bits per heavy atom. The molecule has 0 saturated heterocycles. The van der Waals surface area contributed by atoms with E-state index in [1.54, 1.807) is 6.20 Å². The van der Waals surface area contributed by atoms with Gasteiger partial charge in [-0.1, -0.05) is 30.3 Å². The smallest absolute Gasteiger partial charge is 0.246 e. The van der Waals surface area contributed by atoms with Gasteiger partial charge in [0.25, 0.3) is 0 Å². The maximum Gasteiger partial charge on any atom is 0.246 e. The molecular formula is C19H22N6O2. The van der Waals surface area contributed by atoms with Crippen LogP contribution in [0.2, 0.25) is 0 Å². The topological polar surface area (TPSA) is 94.0 Å². The first-order chi connectivity index (χ1) is 13.2. The van der Waals surface area contributed by atoms with Crippen molar-refractivity contribution >= 4 is 11.7 Å². The van der Waals surface area contributed by atoms with E-state index in [0.717, 1.165) is 17.2 Å². The number of benzene rings is 1. The van der Waals surface area contributed by atoms with Crippen molar-refractivity contribution in [3.8, 4) is 5.82 Å². The van der Waals surface area contributed by atoms with Crippen molar-refractivity contribution in [2.45, 2.75) is 13.5 Å². The van der Waals surface area contributed by atoms with Crippen molar-refractivity contribution in [2.24, 2.45) is 0 Å². The summed E-state index contributed by atoms with van der Waals surface area (Å²) in [5.74, 6) is 2.12. The summed E-state index contributed by atoms with van der Waals surface area (Å²) in [5.41, 5.74) is 1.04. The van der Waals surface area contributed by atoms with Gasteiger partial charge in [-0.15, -0.1) is 0 Å². The van der Waals surface area contributed by atoms with Crippen LogP contribution in [0.4, 0.5) is 5.82 Å². The first-order valence-electron chi connectivity index (χ1n) is 8.67. The fraction of sp³-hybridized carbons (Fsp3) is 0.263. The van der Waals surface area contributed by atoms with Gasteiger partial charge in [-0.25, -0.2) is 15.0 Å². The van der Waals surface area contributed by atoms with Gasteiger partial charge in [0.2, 0.25) is 5.91 Å². The summed E-state index contributed by atoms with van der Waals surface area (Å²) >= 11 is 0. The molecule has 1 amide bonds. The van der Waals surface area contributed by atoms with Crippen LogP contribution in [0.1, 0.15) is 11.4 Å². The van der Waals surface area contributed by atoms with Gasteiger partial charge < -0.3 is 15.4 Å². The molecule has 8 nitrogen and oxygen atoms in total. The Bertz CT molecular complexity index is 865. The van der Waals surface area contributed by atoms with E-state index in [0.29, 0.717) is 25.5 Å². The Morgan fingerprint density at radius 1 is 1.15 bits per heavy atom. The number of ether oxygens (including phenoxy) is 1. The van der Waals surface area contributed by atoms with Crippen molar-refractivity contribution in [2.75, 3.05) is 25.0 Å². The predicted molar refractivity (Wildman–Crippen MR) is 101 cm³/mol. The molecule has 27 heavy (non-hydrogen) atoms. The first-order valence-corrected chi connectivity index (χ1v) is 8.67. The third kappa shape index (κ3) is 5.61. The molecule has 0 aliphatic rings. The molecule has 0 saturated carbocycles. The van der Waals surface area contributed by atoms with Gasteiger partial charge in [0.05, 0.1) is 6.61 Å². The molecule has 8 heteroatoms. The largest absolute Gasteiger partial charge is 0.368 e. The molecule has 140 valence electrons. The van der Waals surface area contributed by atoms with E-state index in [9.17, 15) is 4.79 Å². The zero-order valence-electron chi connectivity index (χ0n) is 15.1. The van der Waals surface area contributed by atoms with E-state index in [4.69, 9.17) is 4.74 Å². The second kappa shape index (κ2) is 9.44. The van der Waals surface area contributed by atoms with E-state index < -0.39 is 0 Å². The maximum atomic E-state index is 11.8. The lowest BCUT2D eigenvalue weighted by Gasteiger charge is -2.09. The number of aromatic nitrogens is 4. The van der Waals surface area contributed by atoms with Crippen LogP contribution in [0.15, 0.2) is 55.1 Å². The highest BCUT2D eigenvalue weighted by molar-refractivity contribution is 5.77. The number of hydrogen-bond acceptors (Lipinski definition) is 6. The third-order valence-electron chi connectivity index (χ3n) is 3.82. The van der Waals surface area contributed by atoms with Crippen molar-refractivity contribution < 1.29 is 9.53 Å². The molecule has 0 atom stereocenters. The van der Waals surface area contributed by atoms with Crippen LogP contribution in [0.3, 0.4) is 0 Å². The fourth-order valence-corrected chi connectivity index (χ4v) is 2.47. The lowest BCUT2D eigenvalue weighted by atomic mass is 10.2. The molecule has 0 aliphatic carbocycles. The van der Waals surface area contributed by atoms with Crippen molar-refractivity contribution in [1.29, 1.82) is 0 Å². The van der Waals surface area contributed by atoms with Crippen molar-refractivity contribution in [3.05, 3.63) is 66.5 Å². The molecule has 2 N–H and O–H groups in total. The number of nitrogens with one attached hydrogen (secondary N) is 2. The summed E-state index contributed by atoms with van der Waals surface area (Å²) in [6, 6.07) is 11.6. The summed E-state index contributed by atoms with van der Waals surface area (Å²) in [6.07, 6.45) is 5.06. The Balaban J connectivity index is 1.36. The Kier molecular flexibility index (Phi) is 6.48. The van der Waals surface area contributed by atoms with E-state index in [2.05, 4.69) is 25.6 Å². The minimum Gasteiger partial charge on any atom is -0.368 e. The second-order valence-electron chi connectivity index (χ2n) is 5.86. The molecule has 0 aliphatic heterocycles. The lowest BCUT2D eigenvalue weighted by Crippen LogP contribution is -2.31. The van der Waals surface area contributed by atoms with Gasteiger partial charge >= 0.3 is 0 Å². The Morgan fingerprint density at radius 3 is 2.78 bits per heavy atom. The van der Waals surface area contributed by atoms with Gasteiger partial charge in [-0.3, -0.25) is 9.36 Å². The number of carbonyl (C=O) groups is 1. The highest BCUT2D eigenvalue weighted by atomic mass is 16.5. The zero-order valence-corrected chi connectivity index (χ0v) is 15.1. The van der Waals surface area contributed by atoms with Crippen LogP contribution in [0, 0.1) is 6.92 Å². The number of hydrogen-bond donors (Lipinski definition) is 2. The minimum absolute atomic E-state index is 0.0342. The van der Waals surface area contributed by atoms with Gasteiger partial charge in [0.1, 0.15) is 30.4 Å². The predicted octanol–water partition coefficient (Wildman–Crippen LogP) is 1.72. The minimum atomic E-state index is -0.148. The molecule has 0 radical (unpaired) electrons. The molecule has 0 unspecified atom stereocenters. The Hall–Kier alpha value is -3.26. The highest BCUT2D eigenvalue weighted by Crippen LogP contribution is 2.10. The van der Waals surface area contributed by atoms with Crippen LogP contribution in [-0.2, 0) is 16.1 Å². The van der Waals surface area contributed by atoms with E-state index in [-0.39, 0.29) is 12.5 Å². The zero-order chi connectivity index (χ0) is 18.9. The number of amides is 1. The number of nitrogens with zero attached hydrogens (tertiary/aromatic N) is 4. The number of rotatable bonds is 9. The maximum absolute atomic E-state index is 11.8. The molecule has 0 spiro atoms. The van der Waals surface area contributed by atoms with Crippen LogP contribution < -0.4 is 10.6 Å². The molecule has 0 bridgehead atoms. The van der Waals surface area contributed by atoms with E-state index in [1.165, 1.54) is 6.33 Å². The summed E-state index contributed by atoms with van der Waals surface area (Å²) in [7, 11) is 0. The van der Waals surface area contributed by atoms with Crippen molar-refractivity contribution in [3.63, 3.8) is 0 Å². The summed E-state index contributed by atoms with van der Waals surface area (Å²) in [4.78, 5) is 24.4. The van der Waals surface area contributed by atoms with Crippen LogP contribution in [0.5, 0.6) is 0 Å². The number of imidazole rings is 1. The average molecular weight is 366 g/mol. The quantitative estimate of drug-likeness (QED) is 0.560. The number of aryl methyl sites for hydroxylation is 1. The second-order valence-corrected chi connectivity index (χ2v) is 5.86. The molecule has 1 aromatic carbocycles. The van der Waals surface area contributed by atoms with Crippen molar-refractivity contribution in [1.82, 2.24) is 24.8 Å². The monoisotopic (exact) mass is 366 g/mol. The number of anilines is 1. The standard InChI is InChI=1S/C19H22N6O2/c1-15-20-9-10-25(15)18-11-17(23-14-24-18)21-7-8-22-19(26)13-27-12-16-5-3-2-4-6-16/h2-6,9-11,14H,7-8,12-13H2,1H3,(H,22,26)(H,21,23,24). The highest BCUT2D eigenvalue weighted by Gasteiger charge is 2.04. The van der Waals surface area contributed by atoms with Crippen LogP contribution in [0.25, 0.3) is 5.82 Å². The molecule has 0 fully saturated rings. The van der Waals surface area contributed by atoms with Crippen LogP contribution >= 0.6 is 0 Å². The van der Waals surface area contributed by atoms with Gasteiger partial charge in [0.15, 0.2) is 0 Å². The molecular weight excluding hydrogens is 344 g/mol. The lowest BCUT2D eigenvalue weighted by molar-refractivity contribution is -0.126. The molecule has 2 aromatic heterocycles. The number of carbonyl (C=O) groups excluding carboxylic acids is 1. The molecule has 2 heterocycles. The third-order valence-corrected chi connectivity index (χ3v) is 3.82. The normalized spacial score (nSPS) is 10.6. The van der Waals surface area contributed by atoms with E-state index >= 15 is 0 Å². The summed E-state index contributed by atoms with van der Waals surface area (Å²) in [6.45, 7) is 3.38. The fourth-order valence-electron chi connectivity index (χ4n) is 2.47. The van der Waals surface area contributed by atoms with Gasteiger partial charge in [-0.2, -0.15) is 0 Å². The first kappa shape index (κ1) is 18.5. The van der Waals surface area contributed by atoms with Gasteiger partial charge in [-0.05, 0) is 12.5 Å². The Labute approximate surface area is 157 Å². The molecule has 3 rings (SSSR count). The summed E-state index contributed by atoms with van der Waals surface area (Å²) < 4.78 is 7.28.